The summed E-state index contributed by atoms with van der Waals surface area (Å²) in [6.07, 6.45) is 1.76. The summed E-state index contributed by atoms with van der Waals surface area (Å²) in [5.74, 6) is 1.05. The van der Waals surface area contributed by atoms with Crippen molar-refractivity contribution in [3.8, 4) is 11.3 Å². The lowest BCUT2D eigenvalue weighted by Gasteiger charge is -2.11. The first kappa shape index (κ1) is 15.2. The fourth-order valence-corrected chi connectivity index (χ4v) is 2.69. The summed E-state index contributed by atoms with van der Waals surface area (Å²) in [6, 6.07) is 21.6. The molecule has 0 spiro atoms. The molecule has 2 aromatic carbocycles. The molecule has 0 bridgehead atoms. The zero-order valence-corrected chi connectivity index (χ0v) is 13.4. The van der Waals surface area contributed by atoms with Gasteiger partial charge in [-0.15, -0.1) is 0 Å². The molecule has 4 aromatic rings. The Kier molecular flexibility index (Phi) is 4.06. The monoisotopic (exact) mass is 328 g/mol. The Morgan fingerprint density at radius 3 is 2.48 bits per heavy atom. The molecular weight excluding hydrogens is 312 g/mol. The highest BCUT2D eigenvalue weighted by atomic mass is 16.3. The van der Waals surface area contributed by atoms with Gasteiger partial charge in [-0.3, -0.25) is 4.98 Å². The molecule has 0 radical (unpaired) electrons. The average Bonchev–Trinajstić information content (AvgIpc) is 2.69. The molecule has 4 rings (SSSR count). The molecule has 2 aromatic heterocycles. The molecule has 122 valence electrons. The summed E-state index contributed by atoms with van der Waals surface area (Å²) in [5, 5.41) is 13.7. The Hall–Kier alpha value is -3.31. The van der Waals surface area contributed by atoms with E-state index in [2.05, 4.69) is 20.3 Å². The van der Waals surface area contributed by atoms with Gasteiger partial charge >= 0.3 is 0 Å². The standard InChI is InChI=1S/C20H16N4O/c25-13-19-23-18-12-14(17-8-4-5-11-21-17)9-10-16(18)20(24-19)22-15-6-2-1-3-7-15/h1-12,25H,13H2,(H,22,23,24). The second-order valence-corrected chi connectivity index (χ2v) is 5.58. The van der Waals surface area contributed by atoms with E-state index in [9.17, 15) is 5.11 Å². The quantitative estimate of drug-likeness (QED) is 0.594. The number of aliphatic hydroxyl groups excluding tert-OH is 1. The van der Waals surface area contributed by atoms with Crippen molar-refractivity contribution in [1.29, 1.82) is 0 Å². The van der Waals surface area contributed by atoms with Crippen LogP contribution in [-0.2, 0) is 6.61 Å². The molecule has 5 nitrogen and oxygen atoms in total. The van der Waals surface area contributed by atoms with Crippen LogP contribution in [0.25, 0.3) is 22.2 Å². The number of rotatable bonds is 4. The number of nitrogens with zero attached hydrogens (tertiary/aromatic N) is 3. The molecule has 0 saturated heterocycles. The maximum atomic E-state index is 9.51. The highest BCUT2D eigenvalue weighted by molar-refractivity contribution is 5.93. The first-order valence-electron chi connectivity index (χ1n) is 7.98. The molecule has 0 saturated carbocycles. The number of pyridine rings is 1. The summed E-state index contributed by atoms with van der Waals surface area (Å²) in [6.45, 7) is -0.215. The lowest BCUT2D eigenvalue weighted by Crippen LogP contribution is -2.02. The largest absolute Gasteiger partial charge is 0.388 e. The van der Waals surface area contributed by atoms with Gasteiger partial charge in [0.25, 0.3) is 0 Å². The van der Waals surface area contributed by atoms with Crippen LogP contribution >= 0.6 is 0 Å². The number of aliphatic hydroxyl groups is 1. The molecule has 2 N–H and O–H groups in total. The molecule has 0 aliphatic rings. The van der Waals surface area contributed by atoms with Crippen LogP contribution in [0.15, 0.2) is 72.9 Å². The van der Waals surface area contributed by atoms with Crippen LogP contribution in [0.1, 0.15) is 5.82 Å². The van der Waals surface area contributed by atoms with Crippen LogP contribution < -0.4 is 5.32 Å². The number of aromatic nitrogens is 3. The van der Waals surface area contributed by atoms with Gasteiger partial charge in [-0.05, 0) is 36.4 Å². The number of nitrogens with one attached hydrogen (secondary N) is 1. The Bertz CT molecular complexity index is 1000. The van der Waals surface area contributed by atoms with Gasteiger partial charge in [0.1, 0.15) is 12.4 Å². The third-order valence-corrected chi connectivity index (χ3v) is 3.88. The number of benzene rings is 2. The van der Waals surface area contributed by atoms with Crippen molar-refractivity contribution in [2.24, 2.45) is 0 Å². The smallest absolute Gasteiger partial charge is 0.156 e. The van der Waals surface area contributed by atoms with Crippen molar-refractivity contribution < 1.29 is 5.11 Å². The van der Waals surface area contributed by atoms with Gasteiger partial charge in [-0.25, -0.2) is 9.97 Å². The minimum atomic E-state index is -0.215. The lowest BCUT2D eigenvalue weighted by molar-refractivity contribution is 0.272. The normalized spacial score (nSPS) is 10.8. The van der Waals surface area contributed by atoms with Crippen molar-refractivity contribution in [2.75, 3.05) is 5.32 Å². The Balaban J connectivity index is 1.83. The highest BCUT2D eigenvalue weighted by Gasteiger charge is 2.10. The second kappa shape index (κ2) is 6.67. The van der Waals surface area contributed by atoms with E-state index < -0.39 is 0 Å². The topological polar surface area (TPSA) is 70.9 Å². The predicted molar refractivity (Wildman–Crippen MR) is 98.4 cm³/mol. The Labute approximate surface area is 145 Å². The van der Waals surface area contributed by atoms with Gasteiger partial charge in [0, 0.05) is 22.8 Å². The van der Waals surface area contributed by atoms with Crippen molar-refractivity contribution >= 4 is 22.4 Å². The van der Waals surface area contributed by atoms with E-state index in [1.807, 2.05) is 66.7 Å². The maximum absolute atomic E-state index is 9.51. The van der Waals surface area contributed by atoms with Gasteiger partial charge in [-0.1, -0.05) is 30.3 Å². The third-order valence-electron chi connectivity index (χ3n) is 3.88. The third kappa shape index (κ3) is 3.18. The van der Waals surface area contributed by atoms with Gasteiger partial charge in [0.15, 0.2) is 5.82 Å². The minimum Gasteiger partial charge on any atom is -0.388 e. The first-order valence-corrected chi connectivity index (χ1v) is 7.98. The van der Waals surface area contributed by atoms with E-state index >= 15 is 0 Å². The highest BCUT2D eigenvalue weighted by Crippen LogP contribution is 2.27. The molecule has 25 heavy (non-hydrogen) atoms. The van der Waals surface area contributed by atoms with Gasteiger partial charge in [0.2, 0.25) is 0 Å². The zero-order valence-electron chi connectivity index (χ0n) is 13.4. The van der Waals surface area contributed by atoms with E-state index in [0.717, 1.165) is 27.8 Å². The summed E-state index contributed by atoms with van der Waals surface area (Å²) in [5.41, 5.74) is 3.55. The van der Waals surface area contributed by atoms with E-state index in [4.69, 9.17) is 0 Å². The van der Waals surface area contributed by atoms with Crippen molar-refractivity contribution in [2.45, 2.75) is 6.61 Å². The van der Waals surface area contributed by atoms with Crippen LogP contribution in [0.3, 0.4) is 0 Å². The molecule has 0 unspecified atom stereocenters. The predicted octanol–water partition coefficient (Wildman–Crippen LogP) is 3.93. The van der Waals surface area contributed by atoms with Gasteiger partial charge in [-0.2, -0.15) is 0 Å². The van der Waals surface area contributed by atoms with Gasteiger partial charge in [0.05, 0.1) is 11.2 Å². The van der Waals surface area contributed by atoms with Crippen LogP contribution in [0, 0.1) is 0 Å². The van der Waals surface area contributed by atoms with Crippen LogP contribution in [0.2, 0.25) is 0 Å². The number of hydrogen-bond acceptors (Lipinski definition) is 5. The zero-order chi connectivity index (χ0) is 17.1. The molecule has 0 aliphatic heterocycles. The summed E-state index contributed by atoms with van der Waals surface area (Å²) < 4.78 is 0. The van der Waals surface area contributed by atoms with E-state index in [0.29, 0.717) is 11.6 Å². The van der Waals surface area contributed by atoms with Crippen LogP contribution in [0.4, 0.5) is 11.5 Å². The molecule has 2 heterocycles. The number of fused-ring (bicyclic) bond motifs is 1. The average molecular weight is 328 g/mol. The Morgan fingerprint density at radius 1 is 0.880 bits per heavy atom. The summed E-state index contributed by atoms with van der Waals surface area (Å²) in [7, 11) is 0. The fraction of sp³-hybridized carbons (Fsp3) is 0.0500. The number of anilines is 2. The van der Waals surface area contributed by atoms with Gasteiger partial charge < -0.3 is 10.4 Å². The summed E-state index contributed by atoms with van der Waals surface area (Å²) in [4.78, 5) is 13.3. The molecule has 0 aliphatic carbocycles. The van der Waals surface area contributed by atoms with E-state index in [1.165, 1.54) is 0 Å². The van der Waals surface area contributed by atoms with E-state index in [-0.39, 0.29) is 6.61 Å². The maximum Gasteiger partial charge on any atom is 0.156 e. The Morgan fingerprint density at radius 2 is 1.72 bits per heavy atom. The fourth-order valence-electron chi connectivity index (χ4n) is 2.69. The molecule has 0 atom stereocenters. The number of hydrogen-bond donors (Lipinski definition) is 2. The van der Waals surface area contributed by atoms with Crippen LogP contribution in [-0.4, -0.2) is 20.1 Å². The summed E-state index contributed by atoms with van der Waals surface area (Å²) >= 11 is 0. The molecule has 0 fully saturated rings. The molecule has 5 heteroatoms. The first-order chi connectivity index (χ1) is 12.3. The van der Waals surface area contributed by atoms with Crippen molar-refractivity contribution in [3.63, 3.8) is 0 Å². The van der Waals surface area contributed by atoms with Crippen molar-refractivity contribution in [3.05, 3.63) is 78.8 Å². The second-order valence-electron chi connectivity index (χ2n) is 5.58. The number of para-hydroxylation sites is 1. The SMILES string of the molecule is OCc1nc(Nc2ccccc2)c2ccc(-c3ccccn3)cc2n1. The van der Waals surface area contributed by atoms with E-state index in [1.54, 1.807) is 6.20 Å². The van der Waals surface area contributed by atoms with Crippen LogP contribution in [0.5, 0.6) is 0 Å². The lowest BCUT2D eigenvalue weighted by atomic mass is 10.1. The molecular formula is C20H16N4O. The minimum absolute atomic E-state index is 0.215. The molecule has 0 amide bonds. The van der Waals surface area contributed by atoms with Crippen molar-refractivity contribution in [1.82, 2.24) is 15.0 Å².